The van der Waals surface area contributed by atoms with Crippen molar-refractivity contribution in [1.29, 1.82) is 0 Å². The van der Waals surface area contributed by atoms with Crippen LogP contribution in [0.25, 0.3) is 0 Å². The molecule has 1 N–H and O–H groups in total. The van der Waals surface area contributed by atoms with Gasteiger partial charge < -0.3 is 9.67 Å². The van der Waals surface area contributed by atoms with E-state index in [9.17, 15) is 5.11 Å². The molecule has 2 aromatic rings. The first-order valence-corrected chi connectivity index (χ1v) is 5.40. The standard InChI is InChI=1S/C9H9ClN2OS/c10-9-7(1-4-14-9)8(13)5-12-3-2-11-6-12/h1-4,6,8,13H,5H2. The molecule has 0 aromatic carbocycles. The lowest BCUT2D eigenvalue weighted by Gasteiger charge is -2.09. The van der Waals surface area contributed by atoms with Gasteiger partial charge in [0, 0.05) is 18.0 Å². The van der Waals surface area contributed by atoms with Crippen LogP contribution in [0.2, 0.25) is 4.34 Å². The molecule has 0 bridgehead atoms. The van der Waals surface area contributed by atoms with Crippen molar-refractivity contribution < 1.29 is 5.11 Å². The van der Waals surface area contributed by atoms with Crippen molar-refractivity contribution in [3.8, 4) is 0 Å². The lowest BCUT2D eigenvalue weighted by atomic mass is 10.2. The maximum absolute atomic E-state index is 9.84. The van der Waals surface area contributed by atoms with Crippen molar-refractivity contribution >= 4 is 22.9 Å². The highest BCUT2D eigenvalue weighted by Crippen LogP contribution is 2.28. The molecule has 0 saturated carbocycles. The monoisotopic (exact) mass is 228 g/mol. The van der Waals surface area contributed by atoms with Gasteiger partial charge in [-0.2, -0.15) is 0 Å². The number of hydrogen-bond donors (Lipinski definition) is 1. The van der Waals surface area contributed by atoms with Crippen LogP contribution in [0.15, 0.2) is 30.2 Å². The summed E-state index contributed by atoms with van der Waals surface area (Å²) in [6.45, 7) is 0.483. The molecule has 74 valence electrons. The van der Waals surface area contributed by atoms with E-state index in [-0.39, 0.29) is 0 Å². The summed E-state index contributed by atoms with van der Waals surface area (Å²) in [5, 5.41) is 11.7. The normalized spacial score (nSPS) is 13.0. The molecule has 0 radical (unpaired) electrons. The molecular weight excluding hydrogens is 220 g/mol. The molecule has 0 spiro atoms. The van der Waals surface area contributed by atoms with Crippen molar-refractivity contribution in [2.45, 2.75) is 12.6 Å². The summed E-state index contributed by atoms with van der Waals surface area (Å²) in [7, 11) is 0. The van der Waals surface area contributed by atoms with Gasteiger partial charge in [0.1, 0.15) is 0 Å². The highest BCUT2D eigenvalue weighted by molar-refractivity contribution is 7.14. The Kier molecular flexibility index (Phi) is 2.86. The largest absolute Gasteiger partial charge is 0.386 e. The summed E-state index contributed by atoms with van der Waals surface area (Å²) < 4.78 is 2.47. The van der Waals surface area contributed by atoms with Gasteiger partial charge in [0.2, 0.25) is 0 Å². The minimum Gasteiger partial charge on any atom is -0.386 e. The molecule has 0 aliphatic heterocycles. The number of imidazole rings is 1. The molecule has 0 amide bonds. The lowest BCUT2D eigenvalue weighted by Crippen LogP contribution is -2.06. The fourth-order valence-electron chi connectivity index (χ4n) is 1.24. The van der Waals surface area contributed by atoms with E-state index in [2.05, 4.69) is 4.98 Å². The van der Waals surface area contributed by atoms with Crippen LogP contribution in [0.4, 0.5) is 0 Å². The van der Waals surface area contributed by atoms with E-state index in [1.54, 1.807) is 12.5 Å². The van der Waals surface area contributed by atoms with Crippen LogP contribution in [0.5, 0.6) is 0 Å². The van der Waals surface area contributed by atoms with Crippen LogP contribution in [0, 0.1) is 0 Å². The van der Waals surface area contributed by atoms with Gasteiger partial charge in [0.05, 0.1) is 23.3 Å². The number of rotatable bonds is 3. The van der Waals surface area contributed by atoms with Crippen molar-refractivity contribution in [3.05, 3.63) is 40.1 Å². The Morgan fingerprint density at radius 1 is 1.64 bits per heavy atom. The number of nitrogens with zero attached hydrogens (tertiary/aromatic N) is 2. The van der Waals surface area contributed by atoms with E-state index in [0.29, 0.717) is 10.9 Å². The van der Waals surface area contributed by atoms with Crippen molar-refractivity contribution in [1.82, 2.24) is 9.55 Å². The summed E-state index contributed by atoms with van der Waals surface area (Å²) in [6.07, 6.45) is 4.59. The summed E-state index contributed by atoms with van der Waals surface area (Å²) in [5.41, 5.74) is 0.783. The minimum atomic E-state index is -0.567. The summed E-state index contributed by atoms with van der Waals surface area (Å²) in [4.78, 5) is 3.90. The molecule has 1 unspecified atom stereocenters. The topological polar surface area (TPSA) is 38.0 Å². The molecule has 5 heteroatoms. The van der Waals surface area contributed by atoms with Crippen molar-refractivity contribution in [2.75, 3.05) is 0 Å². The third kappa shape index (κ3) is 1.97. The highest BCUT2D eigenvalue weighted by atomic mass is 35.5. The Morgan fingerprint density at radius 3 is 3.07 bits per heavy atom. The molecule has 0 aliphatic carbocycles. The first-order valence-electron chi connectivity index (χ1n) is 4.14. The van der Waals surface area contributed by atoms with E-state index < -0.39 is 6.10 Å². The Bertz CT molecular complexity index is 399. The van der Waals surface area contributed by atoms with Gasteiger partial charge in [-0.3, -0.25) is 0 Å². The molecular formula is C9H9ClN2OS. The molecule has 1 atom stereocenters. The number of thiophene rings is 1. The molecule has 2 rings (SSSR count). The van der Waals surface area contributed by atoms with Crippen molar-refractivity contribution in [2.24, 2.45) is 0 Å². The molecule has 0 fully saturated rings. The van der Waals surface area contributed by atoms with Gasteiger partial charge in [-0.25, -0.2) is 4.98 Å². The van der Waals surface area contributed by atoms with E-state index in [0.717, 1.165) is 5.56 Å². The zero-order valence-corrected chi connectivity index (χ0v) is 8.87. The van der Waals surface area contributed by atoms with Gasteiger partial charge in [-0.15, -0.1) is 11.3 Å². The fraction of sp³-hybridized carbons (Fsp3) is 0.222. The molecule has 2 heterocycles. The number of aromatic nitrogens is 2. The first kappa shape index (κ1) is 9.71. The fourth-order valence-corrected chi connectivity index (χ4v) is 2.25. The van der Waals surface area contributed by atoms with Crippen LogP contribution in [-0.4, -0.2) is 14.7 Å². The van der Waals surface area contributed by atoms with Crippen LogP contribution in [0.1, 0.15) is 11.7 Å². The summed E-state index contributed by atoms with van der Waals surface area (Å²) >= 11 is 7.33. The highest BCUT2D eigenvalue weighted by Gasteiger charge is 2.12. The maximum atomic E-state index is 9.84. The third-order valence-electron chi connectivity index (χ3n) is 1.95. The number of halogens is 1. The molecule has 14 heavy (non-hydrogen) atoms. The van der Waals surface area contributed by atoms with Crippen LogP contribution >= 0.6 is 22.9 Å². The average Bonchev–Trinajstić information content (AvgIpc) is 2.75. The second kappa shape index (κ2) is 4.13. The van der Waals surface area contributed by atoms with Crippen LogP contribution in [0.3, 0.4) is 0 Å². The summed E-state index contributed by atoms with van der Waals surface area (Å²) in [5.74, 6) is 0. The van der Waals surface area contributed by atoms with Gasteiger partial charge >= 0.3 is 0 Å². The number of aliphatic hydroxyl groups is 1. The molecule has 0 saturated heterocycles. The van der Waals surface area contributed by atoms with E-state index in [4.69, 9.17) is 11.6 Å². The SMILES string of the molecule is OC(Cn1ccnc1)c1ccsc1Cl. The Morgan fingerprint density at radius 2 is 2.50 bits per heavy atom. The van der Waals surface area contributed by atoms with Crippen LogP contribution in [-0.2, 0) is 6.54 Å². The van der Waals surface area contributed by atoms with Gasteiger partial charge in [0.15, 0.2) is 0 Å². The molecule has 0 aliphatic rings. The predicted octanol–water partition coefficient (Wildman–Crippen LogP) is 2.33. The van der Waals surface area contributed by atoms with Gasteiger partial charge in [0.25, 0.3) is 0 Å². The number of hydrogen-bond acceptors (Lipinski definition) is 3. The average molecular weight is 229 g/mol. The molecule has 3 nitrogen and oxygen atoms in total. The zero-order valence-electron chi connectivity index (χ0n) is 7.30. The van der Waals surface area contributed by atoms with E-state index in [1.165, 1.54) is 11.3 Å². The zero-order chi connectivity index (χ0) is 9.97. The van der Waals surface area contributed by atoms with E-state index in [1.807, 2.05) is 22.2 Å². The maximum Gasteiger partial charge on any atom is 0.0991 e. The molecule has 2 aromatic heterocycles. The minimum absolute atomic E-state index is 0.483. The quantitative estimate of drug-likeness (QED) is 0.876. The second-order valence-electron chi connectivity index (χ2n) is 2.92. The third-order valence-corrected chi connectivity index (χ3v) is 3.15. The van der Waals surface area contributed by atoms with Crippen molar-refractivity contribution in [3.63, 3.8) is 0 Å². The number of aliphatic hydroxyl groups excluding tert-OH is 1. The second-order valence-corrected chi connectivity index (χ2v) is 4.44. The Balaban J connectivity index is 2.10. The first-order chi connectivity index (χ1) is 6.77. The van der Waals surface area contributed by atoms with Crippen LogP contribution < -0.4 is 0 Å². The smallest absolute Gasteiger partial charge is 0.0991 e. The lowest BCUT2D eigenvalue weighted by molar-refractivity contribution is 0.157. The predicted molar refractivity (Wildman–Crippen MR) is 56.5 cm³/mol. The van der Waals surface area contributed by atoms with Gasteiger partial charge in [-0.1, -0.05) is 11.6 Å². The summed E-state index contributed by atoms with van der Waals surface area (Å²) in [6, 6.07) is 1.84. The Hall–Kier alpha value is -0.840. The van der Waals surface area contributed by atoms with E-state index >= 15 is 0 Å². The Labute approximate surface area is 90.6 Å². The van der Waals surface area contributed by atoms with Gasteiger partial charge in [-0.05, 0) is 11.4 Å².